The summed E-state index contributed by atoms with van der Waals surface area (Å²) in [5, 5.41) is 70.9. The first kappa shape index (κ1) is 104. The molecule has 18 rings (SSSR count). The summed E-state index contributed by atoms with van der Waals surface area (Å²) in [6.07, 6.45) is -6.71. The number of hydrogen-bond donors (Lipinski definition) is 12. The molecular weight excluding hydrogens is 1950 g/mol. The molecule has 15 heterocycles. The summed E-state index contributed by atoms with van der Waals surface area (Å²) in [6.45, 7) is 29.6. The molecule has 0 spiro atoms. The average molecular weight is 2050 g/mol. The zero-order valence-electron chi connectivity index (χ0n) is 77.1. The van der Waals surface area contributed by atoms with E-state index in [4.69, 9.17) is 85.5 Å². The van der Waals surface area contributed by atoms with Gasteiger partial charge in [0.05, 0.1) is 119 Å². The van der Waals surface area contributed by atoms with E-state index in [-0.39, 0.29) is 90.3 Å². The first-order chi connectivity index (χ1) is 67.5. The molecule has 19 atom stereocenters. The predicted octanol–water partition coefficient (Wildman–Crippen LogP) is 5.00. The van der Waals surface area contributed by atoms with Crippen LogP contribution in [0.25, 0.3) is 31.0 Å². The quantitative estimate of drug-likeness (QED) is 0.0164. The second-order valence-electron chi connectivity index (χ2n) is 33.7. The van der Waals surface area contributed by atoms with Crippen molar-refractivity contribution in [2.24, 2.45) is 10.8 Å². The van der Waals surface area contributed by atoms with Crippen LogP contribution in [-0.2, 0) is 66.4 Å². The summed E-state index contributed by atoms with van der Waals surface area (Å²) in [5.41, 5.74) is 25.4. The topological polar surface area (TPSA) is 669 Å². The maximum atomic E-state index is 13.2. The maximum absolute atomic E-state index is 13.2. The normalized spacial score (nSPS) is 26.6. The smallest absolute Gasteiger partial charge is 0.338 e. The molecule has 52 heteroatoms. The SMILES string of the molecule is C=C(C)O[C@@H]1C(=C)[C@@H](COC(=O)c2ccccc2)O[C@H]1n1c(=O)sc2cnc(N)nc21.C=C(C)O[C@H]1[C@H](n2c(=O)sc3cnc(N)nc32)O[C@H](COC(C)=O)[C@@]1(C)CO.C=C1Sc2cnc(N)nc2N1[C@@H]1O[C@H](CO)[C@@](C)(CO)[C@H]1O.C=C1Sc2cnc(N)nc2N1[C@@H]1O[C@H](CO)[C@@](C)(O)[C@H]1O.CC(=O)O[C@]1(C)[C@@H](COC(=O)c2ccccc2)O[C@@H](n2c(=O)sc3cnc(N)nc32)[C@@H]1OC(=O)c1ccccc1. The van der Waals surface area contributed by atoms with Crippen molar-refractivity contribution >= 4 is 160 Å². The van der Waals surface area contributed by atoms with E-state index in [1.165, 1.54) is 83.5 Å². The van der Waals surface area contributed by atoms with Crippen LogP contribution in [0.4, 0.5) is 41.4 Å². The first-order valence-corrected chi connectivity index (χ1v) is 47.2. The van der Waals surface area contributed by atoms with E-state index >= 15 is 0 Å². The molecule has 17 N–H and O–H groups in total. The molecule has 0 bridgehead atoms. The lowest BCUT2D eigenvalue weighted by molar-refractivity contribution is -0.172. The van der Waals surface area contributed by atoms with Gasteiger partial charge in [-0.25, -0.2) is 39.3 Å². The minimum atomic E-state index is -1.69. The standard InChI is InChI=1S/C27H24N4O8S.C21H20N4O5S.C17H22N4O6S.C13H18N4O4S.C12H16N4O4S/c1-15(32)39-27(2)19(14-36-23(33)16-9-5-3-6-10-16)37-22(20(27)38-24(34)17-11-7-4-8-12-17)31-21-18(40-26(31)35)13-29-25(28)30-21;1-11(2)29-16-12(3)14(10-28-19(26)13-7-5-4-6-8-13)30-18(16)25-17-15(31-21(25)27)9-23-20(22)24-17;1-8(2)26-12-14(27-11(6-25-9(3)23)17(12,4)7-22)21-13-10(28-16(21)24)5-19-15(18)20-13;1-6-17(10-7(22-6)3-15-12(14)16-10)11-9(20)13(2,5-19)8(4-18)21-11;1-5-16(9-6(21-5)3-14-11(13)15-9)10-8(18)12(2,19)7(4-17)20-10/h3-13,19-20,22H,14H2,1-2H3,(H2,28,29,30);4-9,14,16,18H,1,3,10H2,2H3,(H2,22,23,24);5,11-12,14,22H,1,6-7H2,2-4H3,(H2,18,19,20);3,8-9,11,18-20H,1,4-5H2,2H3,(H2,14,15,16);3,7-8,10,17-19H,1,4H2,2H3,(H2,13,14,15)/t19-,20+,22-,27-;14-,16-,18-;11-,12+,14-,17-;8-,9+,11-,13-;7-,8+,10-,12-/m11111/s1. The highest BCUT2D eigenvalue weighted by atomic mass is 32.2. The van der Waals surface area contributed by atoms with Crippen LogP contribution in [0.2, 0.25) is 0 Å². The van der Waals surface area contributed by atoms with Crippen molar-refractivity contribution in [3.05, 3.63) is 228 Å². The number of ether oxygens (including phenoxy) is 12. The lowest BCUT2D eigenvalue weighted by atomic mass is 9.81. The number of carbonyl (C=O) groups excluding carboxylic acids is 5. The van der Waals surface area contributed by atoms with Crippen LogP contribution in [0.3, 0.4) is 0 Å². The number of thiazole rings is 3. The maximum Gasteiger partial charge on any atom is 0.338 e. The number of aliphatic hydroxyl groups is 7. The third kappa shape index (κ3) is 21.4. The van der Waals surface area contributed by atoms with E-state index in [1.54, 1.807) is 135 Å². The zero-order chi connectivity index (χ0) is 103. The third-order valence-electron chi connectivity index (χ3n) is 23.7. The summed E-state index contributed by atoms with van der Waals surface area (Å²) in [6, 6.07) is 25.1. The molecule has 5 fully saturated rings. The molecule has 0 radical (unpaired) electrons. The van der Waals surface area contributed by atoms with Crippen molar-refractivity contribution in [1.29, 1.82) is 0 Å². The van der Waals surface area contributed by atoms with Crippen molar-refractivity contribution in [3.63, 3.8) is 0 Å². The number of hydrogen-bond acceptors (Lipinski definition) is 49. The Balaban J connectivity index is 0.000000144. The van der Waals surface area contributed by atoms with Gasteiger partial charge in [0.15, 0.2) is 83.6 Å². The number of anilines is 7. The van der Waals surface area contributed by atoms with Crippen molar-refractivity contribution in [1.82, 2.24) is 63.5 Å². The Hall–Kier alpha value is -13.4. The number of aliphatic hydroxyl groups excluding tert-OH is 6. The number of nitrogens with two attached hydrogens (primary N) is 5. The van der Waals surface area contributed by atoms with Crippen LogP contribution in [0, 0.1) is 10.8 Å². The Morgan fingerprint density at radius 1 is 0.444 bits per heavy atom. The lowest BCUT2D eigenvalue weighted by Gasteiger charge is -2.33. The fourth-order valence-corrected chi connectivity index (χ4v) is 20.4. The number of rotatable bonds is 24. The summed E-state index contributed by atoms with van der Waals surface area (Å²) in [4.78, 5) is 144. The Morgan fingerprint density at radius 2 is 0.831 bits per heavy atom. The number of nitrogens with zero attached hydrogens (tertiary/aromatic N) is 15. The molecular formula is C90H100N20O27S5. The molecule has 142 heavy (non-hydrogen) atoms. The Bertz CT molecular complexity index is 6820. The van der Waals surface area contributed by atoms with Gasteiger partial charge in [-0.05, 0) is 69.7 Å². The fraction of sp³-hybridized carbons (Fsp3) is 0.378. The second kappa shape index (κ2) is 43.2. The molecule has 0 unspecified atom stereocenters. The Morgan fingerprint density at radius 3 is 1.25 bits per heavy atom. The Kier molecular flexibility index (Phi) is 31.8. The largest absolute Gasteiger partial charge is 0.490 e. The van der Waals surface area contributed by atoms with Crippen molar-refractivity contribution < 1.29 is 117 Å². The molecule has 7 aliphatic heterocycles. The summed E-state index contributed by atoms with van der Waals surface area (Å²) in [7, 11) is 0. The minimum absolute atomic E-state index is 0.01000. The van der Waals surface area contributed by atoms with Gasteiger partial charge in [0.1, 0.15) is 62.0 Å². The molecule has 0 saturated carbocycles. The van der Waals surface area contributed by atoms with Crippen molar-refractivity contribution in [2.75, 3.05) is 84.7 Å². The highest BCUT2D eigenvalue weighted by Gasteiger charge is 2.63. The van der Waals surface area contributed by atoms with Crippen LogP contribution in [-0.4, -0.2) is 260 Å². The van der Waals surface area contributed by atoms with Crippen molar-refractivity contribution in [2.45, 2.75) is 169 Å². The van der Waals surface area contributed by atoms with E-state index in [9.17, 15) is 74.1 Å². The van der Waals surface area contributed by atoms with Crippen LogP contribution in [0.15, 0.2) is 206 Å². The van der Waals surface area contributed by atoms with Gasteiger partial charge in [0.25, 0.3) is 0 Å². The number of allylic oxidation sites excluding steroid dienone is 2. The number of carbonyl (C=O) groups is 5. The molecule has 3 aromatic carbocycles. The van der Waals surface area contributed by atoms with Crippen LogP contribution in [0.5, 0.6) is 0 Å². The van der Waals surface area contributed by atoms with E-state index < -0.39 is 156 Å². The van der Waals surface area contributed by atoms with E-state index in [2.05, 4.69) is 82.7 Å². The molecule has 0 amide bonds. The highest BCUT2D eigenvalue weighted by Crippen LogP contribution is 2.53. The molecule has 5 saturated heterocycles. The monoisotopic (exact) mass is 2050 g/mol. The van der Waals surface area contributed by atoms with Crippen LogP contribution in [0.1, 0.15) is 105 Å². The molecule has 0 aliphatic carbocycles. The van der Waals surface area contributed by atoms with Gasteiger partial charge in [-0.15, -0.1) is 0 Å². The van der Waals surface area contributed by atoms with Gasteiger partial charge >= 0.3 is 44.5 Å². The second-order valence-corrected chi connectivity index (χ2v) is 38.9. The predicted molar refractivity (Wildman–Crippen MR) is 517 cm³/mol. The number of esters is 5. The number of benzene rings is 3. The van der Waals surface area contributed by atoms with Gasteiger partial charge in [0, 0.05) is 31.7 Å². The number of nitrogen functional groups attached to an aromatic ring is 5. The summed E-state index contributed by atoms with van der Waals surface area (Å²) in [5.74, 6) is -1.15. The zero-order valence-corrected chi connectivity index (χ0v) is 81.2. The molecule has 47 nitrogen and oxygen atoms in total. The Labute approximate surface area is 826 Å². The first-order valence-electron chi connectivity index (χ1n) is 43.1. The van der Waals surface area contributed by atoms with Gasteiger partial charge in [-0.3, -0.25) is 47.5 Å². The molecule has 11 aromatic rings. The van der Waals surface area contributed by atoms with E-state index in [0.717, 1.165) is 43.8 Å². The highest BCUT2D eigenvalue weighted by molar-refractivity contribution is 8.04. The van der Waals surface area contributed by atoms with E-state index in [0.29, 0.717) is 75.3 Å². The van der Waals surface area contributed by atoms with Gasteiger partial charge in [0.2, 0.25) is 29.7 Å². The number of aromatic nitrogens is 13. The van der Waals surface area contributed by atoms with Gasteiger partial charge in [-0.2, -0.15) is 24.9 Å². The molecule has 752 valence electrons. The lowest BCUT2D eigenvalue weighted by Crippen LogP contribution is -2.52. The number of fused-ring (bicyclic) bond motifs is 5. The summed E-state index contributed by atoms with van der Waals surface area (Å²) < 4.78 is 74.4. The van der Waals surface area contributed by atoms with Crippen molar-refractivity contribution in [3.8, 4) is 0 Å². The van der Waals surface area contributed by atoms with Gasteiger partial charge < -0.3 is 121 Å². The molecule has 8 aromatic heterocycles. The van der Waals surface area contributed by atoms with E-state index in [1.807, 2.05) is 6.07 Å². The van der Waals surface area contributed by atoms with Gasteiger partial charge in [-0.1, -0.05) is 159 Å². The number of thioether (sulfide) groups is 2. The molecule has 7 aliphatic rings. The van der Waals surface area contributed by atoms with Crippen LogP contribution < -0.4 is 53.1 Å². The average Bonchev–Trinajstić information content (AvgIpc) is 1.58. The fourth-order valence-electron chi connectivity index (χ4n) is 16.2. The summed E-state index contributed by atoms with van der Waals surface area (Å²) >= 11 is 5.42. The van der Waals surface area contributed by atoms with Crippen LogP contribution >= 0.6 is 57.5 Å². The minimum Gasteiger partial charge on any atom is -0.490 e. The third-order valence-corrected chi connectivity index (χ3v) is 28.2.